The van der Waals surface area contributed by atoms with Gasteiger partial charge in [-0.3, -0.25) is 9.78 Å². The lowest BCUT2D eigenvalue weighted by atomic mass is 10.2. The first-order valence-corrected chi connectivity index (χ1v) is 7.92. The van der Waals surface area contributed by atoms with Gasteiger partial charge in [-0.2, -0.15) is 0 Å². The molecule has 24 heavy (non-hydrogen) atoms. The van der Waals surface area contributed by atoms with E-state index in [9.17, 15) is 4.79 Å². The van der Waals surface area contributed by atoms with Gasteiger partial charge in [-0.25, -0.2) is 9.97 Å². The molecule has 0 saturated carbocycles. The maximum atomic E-state index is 12.1. The molecule has 0 atom stereocenters. The van der Waals surface area contributed by atoms with E-state index in [1.165, 1.54) is 5.56 Å². The zero-order valence-electron chi connectivity index (χ0n) is 14.4. The lowest BCUT2D eigenvalue weighted by molar-refractivity contribution is 0.0946. The minimum absolute atomic E-state index is 0.178. The highest BCUT2D eigenvalue weighted by atomic mass is 16.1. The van der Waals surface area contributed by atoms with Crippen molar-refractivity contribution in [2.45, 2.75) is 6.42 Å². The molecule has 2 rings (SSSR count). The molecule has 128 valence electrons. The Hall–Kier alpha value is -2.54. The number of aromatic nitrogens is 3. The summed E-state index contributed by atoms with van der Waals surface area (Å²) in [6, 6.07) is 5.61. The van der Waals surface area contributed by atoms with Gasteiger partial charge < -0.3 is 15.1 Å². The van der Waals surface area contributed by atoms with Crippen molar-refractivity contribution >= 4 is 11.9 Å². The summed E-state index contributed by atoms with van der Waals surface area (Å²) in [4.78, 5) is 28.7. The first-order valence-electron chi connectivity index (χ1n) is 7.92. The molecule has 0 unspecified atom stereocenters. The molecular formula is C17H24N6O. The summed E-state index contributed by atoms with van der Waals surface area (Å²) in [6.07, 6.45) is 6.04. The number of carbonyl (C=O) groups excluding carboxylic acids is 1. The van der Waals surface area contributed by atoms with Gasteiger partial charge in [0, 0.05) is 45.3 Å². The summed E-state index contributed by atoms with van der Waals surface area (Å²) in [5.41, 5.74) is 1.59. The van der Waals surface area contributed by atoms with Crippen molar-refractivity contribution < 1.29 is 4.79 Å². The number of amides is 1. The van der Waals surface area contributed by atoms with Crippen molar-refractivity contribution in [2.24, 2.45) is 0 Å². The molecule has 7 nitrogen and oxygen atoms in total. The summed E-state index contributed by atoms with van der Waals surface area (Å²) in [5.74, 6) is 0.368. The highest BCUT2D eigenvalue weighted by molar-refractivity contribution is 5.92. The fourth-order valence-corrected chi connectivity index (χ4v) is 2.09. The van der Waals surface area contributed by atoms with Crippen LogP contribution < -0.4 is 10.2 Å². The largest absolute Gasteiger partial charge is 0.349 e. The molecule has 0 radical (unpaired) electrons. The predicted octanol–water partition coefficient (Wildman–Crippen LogP) is 0.842. The summed E-state index contributed by atoms with van der Waals surface area (Å²) in [6.45, 7) is 2.13. The van der Waals surface area contributed by atoms with Crippen LogP contribution in [0.15, 0.2) is 36.8 Å². The molecule has 0 bridgehead atoms. The number of carbonyl (C=O) groups is 1. The Labute approximate surface area is 142 Å². The van der Waals surface area contributed by atoms with E-state index in [0.29, 0.717) is 18.2 Å². The maximum absolute atomic E-state index is 12.1. The van der Waals surface area contributed by atoms with Gasteiger partial charge in [0.05, 0.1) is 0 Å². The molecule has 7 heteroatoms. The van der Waals surface area contributed by atoms with Crippen LogP contribution in [0.5, 0.6) is 0 Å². The van der Waals surface area contributed by atoms with Gasteiger partial charge in [0.2, 0.25) is 5.95 Å². The van der Waals surface area contributed by atoms with Crippen LogP contribution in [0.2, 0.25) is 0 Å². The predicted molar refractivity (Wildman–Crippen MR) is 94.1 cm³/mol. The Morgan fingerprint density at radius 3 is 2.54 bits per heavy atom. The van der Waals surface area contributed by atoms with Gasteiger partial charge in [0.1, 0.15) is 5.69 Å². The van der Waals surface area contributed by atoms with Crippen LogP contribution >= 0.6 is 0 Å². The smallest absolute Gasteiger partial charge is 0.270 e. The van der Waals surface area contributed by atoms with Crippen molar-refractivity contribution in [3.8, 4) is 0 Å². The summed E-state index contributed by atoms with van der Waals surface area (Å²) < 4.78 is 0. The summed E-state index contributed by atoms with van der Waals surface area (Å²) >= 11 is 0. The third kappa shape index (κ3) is 5.58. The first kappa shape index (κ1) is 17.8. The van der Waals surface area contributed by atoms with Crippen molar-refractivity contribution in [1.29, 1.82) is 0 Å². The number of hydrogen-bond donors (Lipinski definition) is 1. The highest BCUT2D eigenvalue weighted by Crippen LogP contribution is 2.07. The van der Waals surface area contributed by atoms with E-state index < -0.39 is 0 Å². The number of hydrogen-bond acceptors (Lipinski definition) is 6. The van der Waals surface area contributed by atoms with Gasteiger partial charge in [-0.05, 0) is 44.3 Å². The average molecular weight is 328 g/mol. The van der Waals surface area contributed by atoms with Crippen LogP contribution in [0.1, 0.15) is 16.1 Å². The van der Waals surface area contributed by atoms with Gasteiger partial charge in [0.25, 0.3) is 5.91 Å². The van der Waals surface area contributed by atoms with Gasteiger partial charge in [0.15, 0.2) is 0 Å². The molecule has 0 aromatic carbocycles. The monoisotopic (exact) mass is 328 g/mol. The van der Waals surface area contributed by atoms with Gasteiger partial charge in [-0.1, -0.05) is 0 Å². The number of nitrogens with zero attached hydrogens (tertiary/aromatic N) is 5. The van der Waals surface area contributed by atoms with Gasteiger partial charge >= 0.3 is 0 Å². The zero-order valence-corrected chi connectivity index (χ0v) is 14.4. The Kier molecular flexibility index (Phi) is 6.62. The lowest BCUT2D eigenvalue weighted by Crippen LogP contribution is -2.32. The quantitative estimate of drug-likeness (QED) is 0.774. The Morgan fingerprint density at radius 1 is 1.08 bits per heavy atom. The second-order valence-corrected chi connectivity index (χ2v) is 5.83. The molecule has 1 amide bonds. The van der Waals surface area contributed by atoms with E-state index in [-0.39, 0.29) is 5.91 Å². The minimum Gasteiger partial charge on any atom is -0.349 e. The molecule has 1 N–H and O–H groups in total. The lowest BCUT2D eigenvalue weighted by Gasteiger charge is -2.17. The van der Waals surface area contributed by atoms with Crippen LogP contribution in [0.4, 0.5) is 5.95 Å². The normalized spacial score (nSPS) is 10.7. The molecule has 2 aromatic heterocycles. The summed E-state index contributed by atoms with van der Waals surface area (Å²) in [5, 5.41) is 2.86. The molecule has 0 fully saturated rings. The molecule has 2 heterocycles. The van der Waals surface area contributed by atoms with Crippen molar-refractivity contribution in [3.63, 3.8) is 0 Å². The maximum Gasteiger partial charge on any atom is 0.270 e. The molecule has 0 saturated heterocycles. The van der Waals surface area contributed by atoms with E-state index >= 15 is 0 Å². The van der Waals surface area contributed by atoms with E-state index in [2.05, 4.69) is 20.3 Å². The number of nitrogens with one attached hydrogen (secondary N) is 1. The van der Waals surface area contributed by atoms with Crippen LogP contribution in [0.3, 0.4) is 0 Å². The minimum atomic E-state index is -0.178. The van der Waals surface area contributed by atoms with Crippen LogP contribution in [-0.4, -0.2) is 66.5 Å². The van der Waals surface area contributed by atoms with E-state index in [1.807, 2.05) is 43.1 Å². The topological polar surface area (TPSA) is 74.2 Å². The highest BCUT2D eigenvalue weighted by Gasteiger charge is 2.11. The second-order valence-electron chi connectivity index (χ2n) is 5.83. The summed E-state index contributed by atoms with van der Waals surface area (Å²) in [7, 11) is 5.85. The Morgan fingerprint density at radius 2 is 1.83 bits per heavy atom. The number of likely N-dealkylation sites (N-methyl/N-ethyl adjacent to an activating group) is 2. The molecule has 0 aliphatic heterocycles. The van der Waals surface area contributed by atoms with E-state index in [4.69, 9.17) is 0 Å². The number of pyridine rings is 1. The fraction of sp³-hybridized carbons (Fsp3) is 0.412. The molecular weight excluding hydrogens is 304 g/mol. The van der Waals surface area contributed by atoms with Gasteiger partial charge in [-0.15, -0.1) is 0 Å². The third-order valence-electron chi connectivity index (χ3n) is 3.55. The molecule has 0 aliphatic rings. The van der Waals surface area contributed by atoms with Crippen LogP contribution in [0.25, 0.3) is 0 Å². The van der Waals surface area contributed by atoms with Crippen molar-refractivity contribution in [3.05, 3.63) is 48.0 Å². The molecule has 0 spiro atoms. The van der Waals surface area contributed by atoms with Crippen molar-refractivity contribution in [2.75, 3.05) is 45.7 Å². The van der Waals surface area contributed by atoms with Crippen LogP contribution in [-0.2, 0) is 6.42 Å². The van der Waals surface area contributed by atoms with E-state index in [1.54, 1.807) is 24.7 Å². The van der Waals surface area contributed by atoms with E-state index in [0.717, 1.165) is 19.5 Å². The van der Waals surface area contributed by atoms with Crippen molar-refractivity contribution in [1.82, 2.24) is 25.2 Å². The Balaban J connectivity index is 1.92. The third-order valence-corrected chi connectivity index (χ3v) is 3.55. The number of rotatable bonds is 8. The fourth-order valence-electron chi connectivity index (χ4n) is 2.09. The molecule has 0 aliphatic carbocycles. The Bertz CT molecular complexity index is 647. The standard InChI is InChI=1S/C17H24N6O/c1-22(2)13-11-19-16(24)15-6-10-20-17(21-15)23(3)12-7-14-4-8-18-9-5-14/h4-6,8-10H,7,11-13H2,1-3H3,(H,19,24). The second kappa shape index (κ2) is 8.93. The number of anilines is 1. The van der Waals surface area contributed by atoms with Crippen LogP contribution in [0, 0.1) is 0 Å². The average Bonchev–Trinajstić information content (AvgIpc) is 2.60. The SMILES string of the molecule is CN(C)CCNC(=O)c1ccnc(N(C)CCc2ccncc2)n1. The molecule has 2 aromatic rings. The zero-order chi connectivity index (χ0) is 17.4. The first-order chi connectivity index (χ1) is 11.6.